The summed E-state index contributed by atoms with van der Waals surface area (Å²) in [6.45, 7) is 9.78. The summed E-state index contributed by atoms with van der Waals surface area (Å²) >= 11 is 0. The van der Waals surface area contributed by atoms with Gasteiger partial charge in [-0.15, -0.1) is 0 Å². The van der Waals surface area contributed by atoms with E-state index in [1.807, 2.05) is 0 Å². The quantitative estimate of drug-likeness (QED) is 0.408. The summed E-state index contributed by atoms with van der Waals surface area (Å²) in [6, 6.07) is 0. The molecular weight excluding hydrogens is 248 g/mol. The maximum absolute atomic E-state index is 4.76. The van der Waals surface area contributed by atoms with Crippen LogP contribution in [0.2, 0.25) is 0 Å². The predicted molar refractivity (Wildman–Crippen MR) is 88.3 cm³/mol. The van der Waals surface area contributed by atoms with Crippen molar-refractivity contribution >= 4 is 5.96 Å². The lowest BCUT2D eigenvalue weighted by Gasteiger charge is -2.28. The first-order chi connectivity index (χ1) is 9.76. The summed E-state index contributed by atoms with van der Waals surface area (Å²) in [6.07, 6.45) is 7.77. The largest absolute Gasteiger partial charge is 0.357 e. The van der Waals surface area contributed by atoms with Gasteiger partial charge in [0.15, 0.2) is 5.96 Å². The normalized spacial score (nSPS) is 18.2. The Morgan fingerprint density at radius 1 is 1.10 bits per heavy atom. The van der Waals surface area contributed by atoms with Gasteiger partial charge >= 0.3 is 0 Å². The Kier molecular flexibility index (Phi) is 9.46. The second kappa shape index (κ2) is 11.0. The zero-order valence-electron chi connectivity index (χ0n) is 13.7. The molecule has 1 saturated heterocycles. The van der Waals surface area contributed by atoms with E-state index in [9.17, 15) is 0 Å². The van der Waals surface area contributed by atoms with Crippen LogP contribution in [0.25, 0.3) is 0 Å². The van der Waals surface area contributed by atoms with Crippen molar-refractivity contribution < 1.29 is 0 Å². The van der Waals surface area contributed by atoms with Gasteiger partial charge in [-0.1, -0.05) is 26.2 Å². The highest BCUT2D eigenvalue weighted by molar-refractivity contribution is 5.79. The molecule has 0 unspecified atom stereocenters. The topological polar surface area (TPSA) is 39.7 Å². The van der Waals surface area contributed by atoms with Crippen molar-refractivity contribution in [3.63, 3.8) is 0 Å². The lowest BCUT2D eigenvalue weighted by Crippen LogP contribution is -2.38. The highest BCUT2D eigenvalue weighted by Crippen LogP contribution is 2.15. The van der Waals surface area contributed by atoms with Crippen LogP contribution in [0.15, 0.2) is 4.99 Å². The molecule has 0 aromatic heterocycles. The summed E-state index contributed by atoms with van der Waals surface area (Å²) in [7, 11) is 2.21. The highest BCUT2D eigenvalue weighted by Gasteiger charge is 2.16. The van der Waals surface area contributed by atoms with Crippen molar-refractivity contribution in [3.05, 3.63) is 0 Å². The molecule has 20 heavy (non-hydrogen) atoms. The van der Waals surface area contributed by atoms with Crippen molar-refractivity contribution in [1.82, 2.24) is 15.5 Å². The maximum atomic E-state index is 4.76. The number of guanidine groups is 1. The Labute approximate surface area is 125 Å². The second-order valence-electron chi connectivity index (χ2n) is 5.95. The number of hydrogen-bond donors (Lipinski definition) is 2. The van der Waals surface area contributed by atoms with E-state index < -0.39 is 0 Å². The first kappa shape index (κ1) is 17.3. The highest BCUT2D eigenvalue weighted by atomic mass is 15.2. The molecule has 0 spiro atoms. The minimum atomic E-state index is 0.766. The van der Waals surface area contributed by atoms with Crippen molar-refractivity contribution in [3.8, 4) is 0 Å². The van der Waals surface area contributed by atoms with E-state index in [1.54, 1.807) is 0 Å². The number of nitrogens with zero attached hydrogens (tertiary/aromatic N) is 2. The Morgan fingerprint density at radius 2 is 1.85 bits per heavy atom. The van der Waals surface area contributed by atoms with E-state index in [2.05, 4.69) is 36.4 Å². The molecule has 0 aromatic rings. The van der Waals surface area contributed by atoms with Gasteiger partial charge in [0.25, 0.3) is 0 Å². The number of hydrogen-bond acceptors (Lipinski definition) is 2. The van der Waals surface area contributed by atoms with E-state index in [0.29, 0.717) is 0 Å². The number of rotatable bonds is 8. The second-order valence-corrected chi connectivity index (χ2v) is 5.95. The molecule has 0 saturated carbocycles. The fourth-order valence-electron chi connectivity index (χ4n) is 2.57. The lowest BCUT2D eigenvalue weighted by molar-refractivity contribution is 0.223. The molecule has 0 radical (unpaired) electrons. The van der Waals surface area contributed by atoms with Gasteiger partial charge in [-0.05, 0) is 52.2 Å². The van der Waals surface area contributed by atoms with Gasteiger partial charge in [-0.2, -0.15) is 0 Å². The van der Waals surface area contributed by atoms with E-state index in [0.717, 1.165) is 31.5 Å². The van der Waals surface area contributed by atoms with Crippen molar-refractivity contribution in [2.24, 2.45) is 10.9 Å². The molecule has 118 valence electrons. The van der Waals surface area contributed by atoms with Crippen molar-refractivity contribution in [2.75, 3.05) is 39.8 Å². The van der Waals surface area contributed by atoms with Gasteiger partial charge in [-0.25, -0.2) is 0 Å². The SMILES string of the molecule is CCCCCCNC(=NCC1CCN(C)CC1)NCC. The van der Waals surface area contributed by atoms with E-state index in [4.69, 9.17) is 4.99 Å². The Balaban J connectivity index is 2.23. The van der Waals surface area contributed by atoms with Gasteiger partial charge in [0, 0.05) is 19.6 Å². The lowest BCUT2D eigenvalue weighted by atomic mass is 9.97. The molecule has 0 amide bonds. The van der Waals surface area contributed by atoms with Crippen LogP contribution in [0.1, 0.15) is 52.4 Å². The number of likely N-dealkylation sites (tertiary alicyclic amines) is 1. The molecule has 4 nitrogen and oxygen atoms in total. The Bertz CT molecular complexity index is 257. The average Bonchev–Trinajstić information content (AvgIpc) is 2.46. The van der Waals surface area contributed by atoms with Gasteiger partial charge in [0.2, 0.25) is 0 Å². The summed E-state index contributed by atoms with van der Waals surface area (Å²) in [4.78, 5) is 7.17. The average molecular weight is 282 g/mol. The molecule has 4 heteroatoms. The number of unbranched alkanes of at least 4 members (excludes halogenated alkanes) is 3. The smallest absolute Gasteiger partial charge is 0.191 e. The van der Waals surface area contributed by atoms with Crippen LogP contribution in [0.5, 0.6) is 0 Å². The summed E-state index contributed by atoms with van der Waals surface area (Å²) in [5, 5.41) is 6.81. The fourth-order valence-corrected chi connectivity index (χ4v) is 2.57. The molecule has 0 aromatic carbocycles. The summed E-state index contributed by atoms with van der Waals surface area (Å²) < 4.78 is 0. The number of piperidine rings is 1. The van der Waals surface area contributed by atoms with Crippen molar-refractivity contribution in [1.29, 1.82) is 0 Å². The molecule has 1 rings (SSSR count). The van der Waals surface area contributed by atoms with Gasteiger partial charge in [0.05, 0.1) is 0 Å². The van der Waals surface area contributed by atoms with Crippen LogP contribution in [-0.2, 0) is 0 Å². The number of aliphatic imine (C=N–C) groups is 1. The summed E-state index contributed by atoms with van der Waals surface area (Å²) in [5.41, 5.74) is 0. The summed E-state index contributed by atoms with van der Waals surface area (Å²) in [5.74, 6) is 1.77. The third kappa shape index (κ3) is 7.73. The van der Waals surface area contributed by atoms with E-state index in [-0.39, 0.29) is 0 Å². The minimum Gasteiger partial charge on any atom is -0.357 e. The molecule has 0 aliphatic carbocycles. The monoisotopic (exact) mass is 282 g/mol. The number of nitrogens with one attached hydrogen (secondary N) is 2. The van der Waals surface area contributed by atoms with Crippen LogP contribution in [-0.4, -0.2) is 50.6 Å². The van der Waals surface area contributed by atoms with Gasteiger partial charge in [0.1, 0.15) is 0 Å². The predicted octanol–water partition coefficient (Wildman–Crippen LogP) is 2.46. The third-order valence-electron chi connectivity index (χ3n) is 4.01. The first-order valence-corrected chi connectivity index (χ1v) is 8.47. The molecule has 0 atom stereocenters. The first-order valence-electron chi connectivity index (χ1n) is 8.47. The molecule has 0 bridgehead atoms. The van der Waals surface area contributed by atoms with Gasteiger partial charge in [-0.3, -0.25) is 4.99 Å². The zero-order chi connectivity index (χ0) is 14.6. The zero-order valence-corrected chi connectivity index (χ0v) is 13.7. The fraction of sp³-hybridized carbons (Fsp3) is 0.938. The molecular formula is C16H34N4. The van der Waals surface area contributed by atoms with Gasteiger partial charge < -0.3 is 15.5 Å². The van der Waals surface area contributed by atoms with Crippen LogP contribution in [0.3, 0.4) is 0 Å². The third-order valence-corrected chi connectivity index (χ3v) is 4.01. The van der Waals surface area contributed by atoms with Crippen LogP contribution >= 0.6 is 0 Å². The minimum absolute atomic E-state index is 0.766. The molecule has 1 fully saturated rings. The molecule has 2 N–H and O–H groups in total. The molecule has 1 aliphatic rings. The standard InChI is InChI=1S/C16H34N4/c1-4-6-7-8-11-18-16(17-5-2)19-14-15-9-12-20(3)13-10-15/h15H,4-14H2,1-3H3,(H2,17,18,19). The molecule has 1 heterocycles. The maximum Gasteiger partial charge on any atom is 0.191 e. The Morgan fingerprint density at radius 3 is 2.50 bits per heavy atom. The van der Waals surface area contributed by atoms with Crippen molar-refractivity contribution in [2.45, 2.75) is 52.4 Å². The molecule has 1 aliphatic heterocycles. The van der Waals surface area contributed by atoms with Crippen LogP contribution in [0.4, 0.5) is 0 Å². The van der Waals surface area contributed by atoms with Crippen LogP contribution in [0, 0.1) is 5.92 Å². The van der Waals surface area contributed by atoms with Crippen LogP contribution < -0.4 is 10.6 Å². The van der Waals surface area contributed by atoms with E-state index >= 15 is 0 Å². The van der Waals surface area contributed by atoms with E-state index in [1.165, 1.54) is 51.6 Å². The Hall–Kier alpha value is -0.770.